The number of benzene rings is 2. The summed E-state index contributed by atoms with van der Waals surface area (Å²) in [6.45, 7) is 2.03. The van der Waals surface area contributed by atoms with E-state index in [0.717, 1.165) is 30.4 Å². The van der Waals surface area contributed by atoms with Crippen molar-refractivity contribution in [1.29, 1.82) is 0 Å². The van der Waals surface area contributed by atoms with E-state index in [9.17, 15) is 18.4 Å². The molecule has 2 heterocycles. The summed E-state index contributed by atoms with van der Waals surface area (Å²) in [5.41, 5.74) is 1.87. The van der Waals surface area contributed by atoms with Crippen LogP contribution >= 0.6 is 0 Å². The van der Waals surface area contributed by atoms with Crippen LogP contribution in [0.5, 0.6) is 5.75 Å². The lowest BCUT2D eigenvalue weighted by Gasteiger charge is -2.49. The van der Waals surface area contributed by atoms with Crippen molar-refractivity contribution in [3.8, 4) is 17.0 Å². The van der Waals surface area contributed by atoms with Gasteiger partial charge in [-0.2, -0.15) is 0 Å². The molecule has 0 radical (unpaired) electrons. The maximum Gasteiger partial charge on any atom is 0.343 e. The third-order valence-electron chi connectivity index (χ3n) is 6.85. The second-order valence-corrected chi connectivity index (χ2v) is 8.90. The van der Waals surface area contributed by atoms with Crippen molar-refractivity contribution >= 4 is 5.97 Å². The molecule has 7 heteroatoms. The Bertz CT molecular complexity index is 1300. The lowest BCUT2D eigenvalue weighted by atomic mass is 9.69. The minimum atomic E-state index is -2.74. The third kappa shape index (κ3) is 3.79. The van der Waals surface area contributed by atoms with Gasteiger partial charge in [-0.15, -0.1) is 0 Å². The molecule has 0 saturated heterocycles. The van der Waals surface area contributed by atoms with Gasteiger partial charge in [-0.3, -0.25) is 4.79 Å². The fourth-order valence-corrected chi connectivity index (χ4v) is 4.99. The average molecular weight is 465 g/mol. The molecule has 2 aromatic carbocycles. The van der Waals surface area contributed by atoms with Gasteiger partial charge in [0, 0.05) is 23.4 Å². The Balaban J connectivity index is 1.61. The minimum Gasteiger partial charge on any atom is -0.488 e. The molecule has 0 atom stereocenters. The van der Waals surface area contributed by atoms with Crippen LogP contribution in [0, 0.1) is 0 Å². The lowest BCUT2D eigenvalue weighted by Crippen LogP contribution is -2.46. The molecule has 1 fully saturated rings. The maximum atomic E-state index is 14.1. The molecule has 34 heavy (non-hydrogen) atoms. The van der Waals surface area contributed by atoms with Crippen molar-refractivity contribution < 1.29 is 23.0 Å². The number of fused-ring (bicyclic) bond motifs is 4. The molecule has 2 aliphatic rings. The Kier molecular flexibility index (Phi) is 5.71. The Hall–Kier alpha value is -3.48. The molecular weight excluding hydrogens is 440 g/mol. The molecule has 5 nitrogen and oxygen atoms in total. The number of carbonyl (C=O) groups is 1. The number of ether oxygens (including phenoxy) is 2. The summed E-state index contributed by atoms with van der Waals surface area (Å²) in [5.74, 6) is -0.507. The van der Waals surface area contributed by atoms with Crippen LogP contribution in [0.3, 0.4) is 0 Å². The first-order valence-corrected chi connectivity index (χ1v) is 11.5. The van der Waals surface area contributed by atoms with E-state index in [1.807, 2.05) is 34.9 Å². The van der Waals surface area contributed by atoms with Gasteiger partial charge >= 0.3 is 5.97 Å². The van der Waals surface area contributed by atoms with E-state index in [4.69, 9.17) is 9.47 Å². The second-order valence-electron chi connectivity index (χ2n) is 8.90. The highest BCUT2D eigenvalue weighted by Crippen LogP contribution is 2.50. The summed E-state index contributed by atoms with van der Waals surface area (Å²) in [7, 11) is 0. The topological polar surface area (TPSA) is 57.5 Å². The fourth-order valence-electron chi connectivity index (χ4n) is 4.99. The van der Waals surface area contributed by atoms with Gasteiger partial charge in [0.1, 0.15) is 17.9 Å². The van der Waals surface area contributed by atoms with Crippen LogP contribution in [0.1, 0.15) is 59.7 Å². The Morgan fingerprint density at radius 1 is 1.15 bits per heavy atom. The highest BCUT2D eigenvalue weighted by atomic mass is 19.3. The molecule has 5 rings (SSSR count). The van der Waals surface area contributed by atoms with Gasteiger partial charge in [0.25, 0.3) is 6.43 Å². The van der Waals surface area contributed by atoms with Gasteiger partial charge in [-0.05, 0) is 55.9 Å². The van der Waals surface area contributed by atoms with E-state index in [2.05, 4.69) is 0 Å². The Morgan fingerprint density at radius 2 is 1.91 bits per heavy atom. The first-order chi connectivity index (χ1) is 16.4. The van der Waals surface area contributed by atoms with Crippen molar-refractivity contribution in [1.82, 2.24) is 4.57 Å². The molecular formula is C27H25F2NO4. The monoisotopic (exact) mass is 465 g/mol. The Labute approximate surface area is 195 Å². The summed E-state index contributed by atoms with van der Waals surface area (Å²) in [4.78, 5) is 25.1. The maximum absolute atomic E-state index is 14.1. The van der Waals surface area contributed by atoms with E-state index < -0.39 is 17.8 Å². The highest BCUT2D eigenvalue weighted by Gasteiger charge is 2.44. The number of hydrogen-bond donors (Lipinski definition) is 0. The molecule has 1 spiro atoms. The summed E-state index contributed by atoms with van der Waals surface area (Å²) >= 11 is 0. The molecule has 0 N–H and O–H groups in total. The number of aromatic nitrogens is 1. The fraction of sp³-hybridized carbons (Fsp3) is 0.333. The van der Waals surface area contributed by atoms with Crippen LogP contribution < -0.4 is 10.2 Å². The first-order valence-electron chi connectivity index (χ1n) is 11.5. The molecule has 1 saturated carbocycles. The van der Waals surface area contributed by atoms with E-state index in [0.29, 0.717) is 17.7 Å². The molecule has 1 aliphatic heterocycles. The molecule has 0 bridgehead atoms. The summed E-state index contributed by atoms with van der Waals surface area (Å²) in [6.07, 6.45) is 2.20. The zero-order valence-electron chi connectivity index (χ0n) is 18.9. The van der Waals surface area contributed by atoms with Gasteiger partial charge in [-0.1, -0.05) is 30.3 Å². The van der Waals surface area contributed by atoms with Crippen LogP contribution in [0.2, 0.25) is 0 Å². The van der Waals surface area contributed by atoms with Gasteiger partial charge in [0.2, 0.25) is 0 Å². The van der Waals surface area contributed by atoms with Crippen LogP contribution in [-0.4, -0.2) is 17.1 Å². The predicted molar refractivity (Wildman–Crippen MR) is 123 cm³/mol. The minimum absolute atomic E-state index is 0.0303. The van der Waals surface area contributed by atoms with Crippen LogP contribution in [0.15, 0.2) is 59.5 Å². The van der Waals surface area contributed by atoms with Gasteiger partial charge in [-0.25, -0.2) is 13.6 Å². The van der Waals surface area contributed by atoms with Crippen LogP contribution in [-0.2, 0) is 23.3 Å². The van der Waals surface area contributed by atoms with Crippen LogP contribution in [0.4, 0.5) is 8.78 Å². The van der Waals surface area contributed by atoms with E-state index in [1.54, 1.807) is 19.2 Å². The highest BCUT2D eigenvalue weighted by molar-refractivity contribution is 5.89. The van der Waals surface area contributed by atoms with Crippen LogP contribution in [0.25, 0.3) is 11.3 Å². The van der Waals surface area contributed by atoms with Crippen molar-refractivity contribution in [2.75, 3.05) is 6.61 Å². The largest absolute Gasteiger partial charge is 0.488 e. The van der Waals surface area contributed by atoms with Gasteiger partial charge < -0.3 is 14.0 Å². The number of hydrogen-bond acceptors (Lipinski definition) is 4. The smallest absolute Gasteiger partial charge is 0.343 e. The molecule has 3 aromatic rings. The third-order valence-corrected chi connectivity index (χ3v) is 6.85. The van der Waals surface area contributed by atoms with Gasteiger partial charge in [0.15, 0.2) is 5.43 Å². The molecule has 1 aromatic heterocycles. The van der Waals surface area contributed by atoms with Gasteiger partial charge in [0.05, 0.1) is 17.9 Å². The van der Waals surface area contributed by atoms with E-state index in [1.165, 1.54) is 12.1 Å². The zero-order chi connectivity index (χ0) is 23.9. The normalized spacial score (nSPS) is 15.4. The number of halogens is 2. The number of nitrogens with zero attached hydrogens (tertiary/aromatic N) is 1. The molecule has 0 amide bonds. The molecule has 0 unspecified atom stereocenters. The zero-order valence-corrected chi connectivity index (χ0v) is 18.9. The van der Waals surface area contributed by atoms with Crippen molar-refractivity contribution in [3.63, 3.8) is 0 Å². The van der Waals surface area contributed by atoms with Crippen molar-refractivity contribution in [2.24, 2.45) is 0 Å². The lowest BCUT2D eigenvalue weighted by molar-refractivity contribution is 0.0521. The summed E-state index contributed by atoms with van der Waals surface area (Å²) < 4.78 is 40.9. The molecule has 176 valence electrons. The molecule has 1 aliphatic carbocycles. The number of pyridine rings is 1. The van der Waals surface area contributed by atoms with E-state index in [-0.39, 0.29) is 35.6 Å². The number of rotatable bonds is 6. The quantitative estimate of drug-likeness (QED) is 0.442. The summed E-state index contributed by atoms with van der Waals surface area (Å²) in [5, 5.41) is 0. The number of alkyl halides is 2. The average Bonchev–Trinajstić information content (AvgIpc) is 2.80. The predicted octanol–water partition coefficient (Wildman–Crippen LogP) is 5.64. The number of carbonyl (C=O) groups excluding carboxylic acids is 1. The second kappa shape index (κ2) is 8.70. The first kappa shape index (κ1) is 22.3. The van der Waals surface area contributed by atoms with Crippen molar-refractivity contribution in [3.05, 3.63) is 87.2 Å². The SMILES string of the molecule is CCOC(=O)c1cn2c(cc1=O)-c1cc(C(F)F)c(OCc3ccccc3)cc1CC21CCC1. The van der Waals surface area contributed by atoms with E-state index >= 15 is 0 Å². The standard InChI is InChI=1S/C27H25F2NO4/c1-2-33-26(32)21-15-30-22(13-23(21)31)19-12-20(25(28)29)24(34-16-17-7-4-3-5-8-17)11-18(19)14-27(30)9-6-10-27/h3-5,7-8,11-13,15,25H,2,6,9-10,14,16H2,1H3. The Morgan fingerprint density at radius 3 is 2.56 bits per heavy atom. The number of esters is 1. The van der Waals surface area contributed by atoms with Crippen molar-refractivity contribution in [2.45, 2.75) is 51.2 Å². The summed E-state index contributed by atoms with van der Waals surface area (Å²) in [6, 6.07) is 13.9.